The average Bonchev–Trinajstić information content (AvgIpc) is 2.59. The molecule has 3 rings (SSSR count). The van der Waals surface area contributed by atoms with Gasteiger partial charge in [0.1, 0.15) is 17.3 Å². The summed E-state index contributed by atoms with van der Waals surface area (Å²) in [4.78, 5) is 15.9. The zero-order valence-corrected chi connectivity index (χ0v) is 13.8. The van der Waals surface area contributed by atoms with Gasteiger partial charge in [-0.1, -0.05) is 17.7 Å². The highest BCUT2D eigenvalue weighted by atomic mass is 35.5. The van der Waals surface area contributed by atoms with Crippen LogP contribution in [0.25, 0.3) is 0 Å². The van der Waals surface area contributed by atoms with E-state index in [4.69, 9.17) is 22.1 Å². The van der Waals surface area contributed by atoms with E-state index < -0.39 is 0 Å². The second kappa shape index (κ2) is 7.55. The quantitative estimate of drug-likeness (QED) is 0.630. The number of rotatable bonds is 4. The number of anilines is 3. The minimum atomic E-state index is -0.362. The highest BCUT2D eigenvalue weighted by molar-refractivity contribution is 6.30. The van der Waals surface area contributed by atoms with Crippen molar-refractivity contribution in [2.75, 3.05) is 16.4 Å². The molecule has 0 aliphatic rings. The van der Waals surface area contributed by atoms with Crippen LogP contribution in [0.3, 0.4) is 0 Å². The Balaban J connectivity index is 1.58. The number of amides is 2. The maximum absolute atomic E-state index is 12.0. The normalized spacial score (nSPS) is 10.1. The van der Waals surface area contributed by atoms with Crippen LogP contribution < -0.4 is 21.1 Å². The Kier molecular flexibility index (Phi) is 5.01. The number of aromatic nitrogens is 1. The van der Waals surface area contributed by atoms with Gasteiger partial charge in [0.05, 0.1) is 6.20 Å². The fraction of sp³-hybridized carbons (Fsp3) is 0. The highest BCUT2D eigenvalue weighted by Crippen LogP contribution is 2.23. The molecule has 0 aliphatic carbocycles. The van der Waals surface area contributed by atoms with E-state index in [0.717, 1.165) is 0 Å². The molecule has 0 radical (unpaired) electrons. The topological polar surface area (TPSA) is 89.3 Å². The van der Waals surface area contributed by atoms with E-state index in [1.165, 1.54) is 0 Å². The van der Waals surface area contributed by atoms with Gasteiger partial charge in [0.25, 0.3) is 0 Å². The molecule has 0 fully saturated rings. The van der Waals surface area contributed by atoms with Crippen LogP contribution in [0, 0.1) is 0 Å². The lowest BCUT2D eigenvalue weighted by atomic mass is 10.3. The molecule has 0 saturated heterocycles. The van der Waals surface area contributed by atoms with Crippen LogP contribution in [0.4, 0.5) is 22.0 Å². The van der Waals surface area contributed by atoms with Crippen molar-refractivity contribution in [1.29, 1.82) is 0 Å². The maximum Gasteiger partial charge on any atom is 0.323 e. The highest BCUT2D eigenvalue weighted by Gasteiger charge is 2.04. The molecule has 0 saturated carbocycles. The van der Waals surface area contributed by atoms with Crippen molar-refractivity contribution >= 4 is 34.8 Å². The summed E-state index contributed by atoms with van der Waals surface area (Å²) < 4.78 is 5.64. The summed E-state index contributed by atoms with van der Waals surface area (Å²) in [6.07, 6.45) is 1.54. The average molecular weight is 355 g/mol. The van der Waals surface area contributed by atoms with Gasteiger partial charge >= 0.3 is 6.03 Å². The van der Waals surface area contributed by atoms with Gasteiger partial charge in [-0.15, -0.1) is 0 Å². The molecule has 126 valence electrons. The Morgan fingerprint density at radius 2 is 1.68 bits per heavy atom. The number of nitrogens with two attached hydrogens (primary N) is 1. The summed E-state index contributed by atoms with van der Waals surface area (Å²) in [5, 5.41) is 5.99. The fourth-order valence-electron chi connectivity index (χ4n) is 2.05. The number of urea groups is 1. The number of hydrogen-bond acceptors (Lipinski definition) is 4. The molecule has 0 aliphatic heterocycles. The van der Waals surface area contributed by atoms with E-state index in [1.807, 2.05) is 0 Å². The number of pyridine rings is 1. The minimum absolute atomic E-state index is 0.362. The van der Waals surface area contributed by atoms with Crippen molar-refractivity contribution in [3.05, 3.63) is 71.9 Å². The molecule has 0 atom stereocenters. The van der Waals surface area contributed by atoms with Gasteiger partial charge in [0.15, 0.2) is 0 Å². The zero-order valence-electron chi connectivity index (χ0n) is 13.1. The molecule has 1 heterocycles. The van der Waals surface area contributed by atoms with Crippen LogP contribution in [-0.4, -0.2) is 11.0 Å². The van der Waals surface area contributed by atoms with E-state index in [1.54, 1.807) is 66.9 Å². The van der Waals surface area contributed by atoms with Gasteiger partial charge in [-0.3, -0.25) is 0 Å². The molecule has 2 amide bonds. The van der Waals surface area contributed by atoms with Crippen molar-refractivity contribution in [1.82, 2.24) is 4.98 Å². The third-order valence-corrected chi connectivity index (χ3v) is 3.42. The predicted octanol–water partition coefficient (Wildman–Crippen LogP) is 4.75. The Hall–Kier alpha value is -3.25. The Morgan fingerprint density at radius 3 is 2.36 bits per heavy atom. The number of nitrogens with one attached hydrogen (secondary N) is 2. The number of halogens is 1. The summed E-state index contributed by atoms with van der Waals surface area (Å²) in [6.45, 7) is 0. The van der Waals surface area contributed by atoms with Gasteiger partial charge in [-0.2, -0.15) is 0 Å². The summed E-state index contributed by atoms with van der Waals surface area (Å²) >= 11 is 5.88. The van der Waals surface area contributed by atoms with E-state index in [9.17, 15) is 4.79 Å². The first kappa shape index (κ1) is 16.6. The molecule has 0 spiro atoms. The third-order valence-electron chi connectivity index (χ3n) is 3.19. The van der Waals surface area contributed by atoms with Crippen molar-refractivity contribution in [3.8, 4) is 11.5 Å². The predicted molar refractivity (Wildman–Crippen MR) is 99.3 cm³/mol. The lowest BCUT2D eigenvalue weighted by molar-refractivity contribution is 0.262. The van der Waals surface area contributed by atoms with Crippen LogP contribution in [0.2, 0.25) is 5.02 Å². The van der Waals surface area contributed by atoms with Crippen LogP contribution in [0.15, 0.2) is 66.9 Å². The fourth-order valence-corrected chi connectivity index (χ4v) is 2.24. The van der Waals surface area contributed by atoms with E-state index in [0.29, 0.717) is 33.7 Å². The molecule has 0 bridgehead atoms. The summed E-state index contributed by atoms with van der Waals surface area (Å²) in [7, 11) is 0. The van der Waals surface area contributed by atoms with E-state index in [-0.39, 0.29) is 6.03 Å². The molecule has 3 aromatic rings. The van der Waals surface area contributed by atoms with E-state index >= 15 is 0 Å². The molecule has 2 aromatic carbocycles. The van der Waals surface area contributed by atoms with Gasteiger partial charge in [-0.05, 0) is 54.6 Å². The first-order valence-electron chi connectivity index (χ1n) is 7.41. The second-order valence-electron chi connectivity index (χ2n) is 5.13. The number of carbonyl (C=O) groups is 1. The smallest absolute Gasteiger partial charge is 0.323 e. The van der Waals surface area contributed by atoms with Gasteiger partial charge < -0.3 is 21.1 Å². The van der Waals surface area contributed by atoms with Crippen molar-refractivity contribution < 1.29 is 9.53 Å². The van der Waals surface area contributed by atoms with Gasteiger partial charge in [0, 0.05) is 16.4 Å². The standard InChI is InChI=1S/C18H15ClN4O2/c19-12-2-1-3-14(10-12)23-18(24)22-13-4-6-15(7-5-13)25-16-8-9-17(20)21-11-16/h1-11H,(H2,20,21)(H2,22,23,24). The zero-order chi connectivity index (χ0) is 17.6. The van der Waals surface area contributed by atoms with Gasteiger partial charge in [0.2, 0.25) is 0 Å². The lowest BCUT2D eigenvalue weighted by Gasteiger charge is -2.09. The number of ether oxygens (including phenoxy) is 1. The SMILES string of the molecule is Nc1ccc(Oc2ccc(NC(=O)Nc3cccc(Cl)c3)cc2)cn1. The first-order valence-corrected chi connectivity index (χ1v) is 7.79. The van der Waals surface area contributed by atoms with Crippen molar-refractivity contribution in [2.24, 2.45) is 0 Å². The first-order chi connectivity index (χ1) is 12.1. The monoisotopic (exact) mass is 354 g/mol. The second-order valence-corrected chi connectivity index (χ2v) is 5.57. The summed E-state index contributed by atoms with van der Waals surface area (Å²) in [5.41, 5.74) is 6.77. The Bertz CT molecular complexity index is 867. The van der Waals surface area contributed by atoms with Gasteiger partial charge in [-0.25, -0.2) is 9.78 Å². The number of nitrogen functional groups attached to an aromatic ring is 1. The minimum Gasteiger partial charge on any atom is -0.456 e. The van der Waals surface area contributed by atoms with Crippen LogP contribution >= 0.6 is 11.6 Å². The van der Waals surface area contributed by atoms with Crippen molar-refractivity contribution in [2.45, 2.75) is 0 Å². The molecule has 7 heteroatoms. The molecule has 0 unspecified atom stereocenters. The lowest BCUT2D eigenvalue weighted by Crippen LogP contribution is -2.19. The van der Waals surface area contributed by atoms with Crippen LogP contribution in [0.1, 0.15) is 0 Å². The molecular formula is C18H15ClN4O2. The number of benzene rings is 2. The number of carbonyl (C=O) groups excluding carboxylic acids is 1. The molecule has 6 nitrogen and oxygen atoms in total. The number of nitrogens with zero attached hydrogens (tertiary/aromatic N) is 1. The number of hydrogen-bond donors (Lipinski definition) is 3. The Labute approximate surface area is 149 Å². The van der Waals surface area contributed by atoms with Crippen LogP contribution in [0.5, 0.6) is 11.5 Å². The largest absolute Gasteiger partial charge is 0.456 e. The Morgan fingerprint density at radius 1 is 0.960 bits per heavy atom. The van der Waals surface area contributed by atoms with E-state index in [2.05, 4.69) is 15.6 Å². The molecular weight excluding hydrogens is 340 g/mol. The summed E-state index contributed by atoms with van der Waals surface area (Å²) in [5.74, 6) is 1.62. The molecule has 1 aromatic heterocycles. The van der Waals surface area contributed by atoms with Crippen LogP contribution in [-0.2, 0) is 0 Å². The maximum atomic E-state index is 12.0. The third kappa shape index (κ3) is 4.86. The molecule has 25 heavy (non-hydrogen) atoms. The summed E-state index contributed by atoms with van der Waals surface area (Å²) in [6, 6.07) is 16.9. The molecule has 4 N–H and O–H groups in total. The van der Waals surface area contributed by atoms with Crippen molar-refractivity contribution in [3.63, 3.8) is 0 Å².